The minimum Gasteiger partial charge on any atom is -0.484 e. The van der Waals surface area contributed by atoms with Crippen molar-refractivity contribution in [1.29, 1.82) is 0 Å². The lowest BCUT2D eigenvalue weighted by molar-refractivity contribution is -0.123. The first kappa shape index (κ1) is 21.7. The van der Waals surface area contributed by atoms with E-state index in [1.54, 1.807) is 6.07 Å². The van der Waals surface area contributed by atoms with Crippen LogP contribution in [0.3, 0.4) is 0 Å². The van der Waals surface area contributed by atoms with Crippen LogP contribution in [0.15, 0.2) is 64.1 Å². The Bertz CT molecular complexity index is 1050. The molecule has 1 N–H and O–H groups in total. The third-order valence-corrected chi connectivity index (χ3v) is 4.96. The van der Waals surface area contributed by atoms with Crippen molar-refractivity contribution in [2.45, 2.75) is 33.1 Å². The number of hydrazone groups is 1. The quantitative estimate of drug-likeness (QED) is 0.405. The number of nitrogens with zero attached hydrogens (tertiary/aromatic N) is 1. The Kier molecular flexibility index (Phi) is 6.63. The zero-order valence-electron chi connectivity index (χ0n) is 17.5. The molecule has 0 atom stereocenters. The second kappa shape index (κ2) is 9.18. The van der Waals surface area contributed by atoms with Gasteiger partial charge < -0.3 is 9.15 Å². The summed E-state index contributed by atoms with van der Waals surface area (Å²) >= 11 is 6.16. The summed E-state index contributed by atoms with van der Waals surface area (Å²) < 4.78 is 11.2. The zero-order chi connectivity index (χ0) is 21.7. The molecule has 0 radical (unpaired) electrons. The number of carbonyl (C=O) groups excluding carboxylic acids is 1. The molecule has 0 saturated carbocycles. The van der Waals surface area contributed by atoms with Gasteiger partial charge in [0.25, 0.3) is 5.91 Å². The molecule has 0 spiro atoms. The lowest BCUT2D eigenvalue weighted by Crippen LogP contribution is -2.24. The normalized spacial score (nSPS) is 11.6. The van der Waals surface area contributed by atoms with E-state index in [1.165, 1.54) is 11.8 Å². The first-order valence-corrected chi connectivity index (χ1v) is 10.0. The standard InChI is InChI=1S/C24H25ClN2O3/c1-16-5-6-17(13-21(16)25)22-12-11-20(30-22)14-26-27-23(28)15-29-19-9-7-18(8-10-19)24(2,3)4/h5-14H,15H2,1-4H3,(H,27,28). The van der Waals surface area contributed by atoms with Gasteiger partial charge in [0.05, 0.1) is 6.21 Å². The van der Waals surface area contributed by atoms with E-state index >= 15 is 0 Å². The highest BCUT2D eigenvalue weighted by molar-refractivity contribution is 6.31. The van der Waals surface area contributed by atoms with Crippen LogP contribution in [0, 0.1) is 6.92 Å². The van der Waals surface area contributed by atoms with E-state index in [0.29, 0.717) is 22.3 Å². The van der Waals surface area contributed by atoms with Gasteiger partial charge in [0.1, 0.15) is 17.3 Å². The van der Waals surface area contributed by atoms with Gasteiger partial charge in [-0.15, -0.1) is 0 Å². The Hall–Kier alpha value is -3.05. The summed E-state index contributed by atoms with van der Waals surface area (Å²) in [5.41, 5.74) is 5.58. The van der Waals surface area contributed by atoms with Gasteiger partial charge in [-0.25, -0.2) is 5.43 Å². The van der Waals surface area contributed by atoms with Crippen LogP contribution in [0.4, 0.5) is 0 Å². The number of benzene rings is 2. The summed E-state index contributed by atoms with van der Waals surface area (Å²) in [6, 6.07) is 17.0. The molecule has 30 heavy (non-hydrogen) atoms. The number of rotatable bonds is 6. The van der Waals surface area contributed by atoms with Gasteiger partial charge in [0.2, 0.25) is 0 Å². The highest BCUT2D eigenvalue weighted by atomic mass is 35.5. The maximum absolute atomic E-state index is 11.9. The molecule has 5 nitrogen and oxygen atoms in total. The number of halogens is 1. The van der Waals surface area contributed by atoms with E-state index in [0.717, 1.165) is 11.1 Å². The SMILES string of the molecule is Cc1ccc(-c2ccc(C=NNC(=O)COc3ccc(C(C)(C)C)cc3)o2)cc1Cl. The van der Waals surface area contributed by atoms with E-state index in [4.69, 9.17) is 20.8 Å². The monoisotopic (exact) mass is 424 g/mol. The average molecular weight is 425 g/mol. The van der Waals surface area contributed by atoms with Crippen LogP contribution in [0.25, 0.3) is 11.3 Å². The second-order valence-electron chi connectivity index (χ2n) is 8.02. The first-order chi connectivity index (χ1) is 14.2. The molecule has 1 aromatic heterocycles. The van der Waals surface area contributed by atoms with E-state index in [-0.39, 0.29) is 17.9 Å². The fraction of sp³-hybridized carbons (Fsp3) is 0.250. The van der Waals surface area contributed by atoms with Crippen molar-refractivity contribution in [3.63, 3.8) is 0 Å². The predicted molar refractivity (Wildman–Crippen MR) is 120 cm³/mol. The van der Waals surface area contributed by atoms with Crippen molar-refractivity contribution in [2.24, 2.45) is 5.10 Å². The zero-order valence-corrected chi connectivity index (χ0v) is 18.3. The maximum atomic E-state index is 11.9. The van der Waals surface area contributed by atoms with Gasteiger partial charge in [-0.1, -0.05) is 56.6 Å². The van der Waals surface area contributed by atoms with Crippen LogP contribution in [0.5, 0.6) is 5.75 Å². The molecule has 0 bridgehead atoms. The van der Waals surface area contributed by atoms with E-state index in [1.807, 2.05) is 55.5 Å². The summed E-state index contributed by atoms with van der Waals surface area (Å²) in [4.78, 5) is 11.9. The largest absolute Gasteiger partial charge is 0.484 e. The second-order valence-corrected chi connectivity index (χ2v) is 8.43. The lowest BCUT2D eigenvalue weighted by atomic mass is 9.87. The molecule has 0 saturated heterocycles. The van der Waals surface area contributed by atoms with Crippen LogP contribution >= 0.6 is 11.6 Å². The molecule has 3 rings (SSSR count). The number of hydrogen-bond donors (Lipinski definition) is 1. The van der Waals surface area contributed by atoms with Crippen molar-refractivity contribution >= 4 is 23.7 Å². The molecule has 0 aliphatic heterocycles. The van der Waals surface area contributed by atoms with Gasteiger partial charge in [0, 0.05) is 10.6 Å². The smallest absolute Gasteiger partial charge is 0.277 e. The van der Waals surface area contributed by atoms with Gasteiger partial charge in [-0.2, -0.15) is 5.10 Å². The van der Waals surface area contributed by atoms with Crippen molar-refractivity contribution in [3.05, 3.63) is 76.5 Å². The highest BCUT2D eigenvalue weighted by Crippen LogP contribution is 2.26. The Labute approximate surface area is 181 Å². The summed E-state index contributed by atoms with van der Waals surface area (Å²) in [5.74, 6) is 1.46. The van der Waals surface area contributed by atoms with Crippen LogP contribution in [-0.2, 0) is 10.2 Å². The topological polar surface area (TPSA) is 63.8 Å². The molecular weight excluding hydrogens is 400 g/mol. The van der Waals surface area contributed by atoms with Crippen molar-refractivity contribution in [2.75, 3.05) is 6.61 Å². The van der Waals surface area contributed by atoms with Crippen molar-refractivity contribution in [3.8, 4) is 17.1 Å². The van der Waals surface area contributed by atoms with Crippen molar-refractivity contribution in [1.82, 2.24) is 5.43 Å². The fourth-order valence-corrected chi connectivity index (χ4v) is 2.90. The molecule has 1 heterocycles. The molecule has 0 aliphatic carbocycles. The Morgan fingerprint density at radius 2 is 1.87 bits per heavy atom. The summed E-state index contributed by atoms with van der Waals surface area (Å²) in [6.45, 7) is 8.25. The van der Waals surface area contributed by atoms with Gasteiger partial charge in [-0.3, -0.25) is 4.79 Å². The Balaban J connectivity index is 1.50. The number of aryl methyl sites for hydroxylation is 1. The third kappa shape index (κ3) is 5.74. The number of furan rings is 1. The molecular formula is C24H25ClN2O3. The highest BCUT2D eigenvalue weighted by Gasteiger charge is 2.13. The average Bonchev–Trinajstić information content (AvgIpc) is 3.17. The van der Waals surface area contributed by atoms with Crippen LogP contribution in [0.2, 0.25) is 5.02 Å². The molecule has 6 heteroatoms. The number of nitrogens with one attached hydrogen (secondary N) is 1. The van der Waals surface area contributed by atoms with E-state index < -0.39 is 0 Å². The predicted octanol–water partition coefficient (Wildman–Crippen LogP) is 5.74. The molecule has 3 aromatic rings. The Morgan fingerprint density at radius 3 is 2.53 bits per heavy atom. The first-order valence-electron chi connectivity index (χ1n) is 9.64. The van der Waals surface area contributed by atoms with Gasteiger partial charge >= 0.3 is 0 Å². The maximum Gasteiger partial charge on any atom is 0.277 e. The van der Waals surface area contributed by atoms with Crippen LogP contribution in [-0.4, -0.2) is 18.7 Å². The summed E-state index contributed by atoms with van der Waals surface area (Å²) in [5, 5.41) is 4.59. The third-order valence-electron chi connectivity index (χ3n) is 4.55. The van der Waals surface area contributed by atoms with E-state index in [9.17, 15) is 4.79 Å². The molecule has 0 aliphatic rings. The summed E-state index contributed by atoms with van der Waals surface area (Å²) in [7, 11) is 0. The molecule has 0 unspecified atom stereocenters. The molecule has 2 aromatic carbocycles. The fourth-order valence-electron chi connectivity index (χ4n) is 2.72. The van der Waals surface area contributed by atoms with Crippen molar-refractivity contribution < 1.29 is 13.9 Å². The molecule has 156 valence electrons. The number of ether oxygens (including phenoxy) is 1. The summed E-state index contributed by atoms with van der Waals surface area (Å²) in [6.07, 6.45) is 1.44. The molecule has 0 fully saturated rings. The van der Waals surface area contributed by atoms with Crippen LogP contribution < -0.4 is 10.2 Å². The minimum absolute atomic E-state index is 0.0715. The number of carbonyl (C=O) groups is 1. The van der Waals surface area contributed by atoms with Gasteiger partial charge in [-0.05, 0) is 53.8 Å². The molecule has 1 amide bonds. The minimum atomic E-state index is -0.358. The van der Waals surface area contributed by atoms with Gasteiger partial charge in [0.15, 0.2) is 6.61 Å². The lowest BCUT2D eigenvalue weighted by Gasteiger charge is -2.19. The van der Waals surface area contributed by atoms with E-state index in [2.05, 4.69) is 31.3 Å². The number of amides is 1. The van der Waals surface area contributed by atoms with Crippen LogP contribution in [0.1, 0.15) is 37.7 Å². The number of hydrogen-bond acceptors (Lipinski definition) is 4. The Morgan fingerprint density at radius 1 is 1.13 bits per heavy atom.